The summed E-state index contributed by atoms with van der Waals surface area (Å²) in [5.41, 5.74) is -0.985. The Morgan fingerprint density at radius 1 is 1.10 bits per heavy atom. The topological polar surface area (TPSA) is 120 Å². The molecule has 1 heterocycles. The number of nitrogens with one attached hydrogen (secondary N) is 2. The molecule has 0 radical (unpaired) electrons. The van der Waals surface area contributed by atoms with Gasteiger partial charge in [-0.05, 0) is 6.07 Å². The van der Waals surface area contributed by atoms with Crippen LogP contribution >= 0.6 is 0 Å². The molecule has 2 N–H and O–H groups in total. The molecule has 3 aromatic rings. The number of carbonyl (C=O) groups excluding carboxylic acids is 2. The summed E-state index contributed by atoms with van der Waals surface area (Å²) in [6.45, 7) is -3.17. The van der Waals surface area contributed by atoms with Crippen LogP contribution in [0.2, 0.25) is 0 Å². The summed E-state index contributed by atoms with van der Waals surface area (Å²) in [6, 6.07) is 8.36. The number of fused-ring (bicyclic) bond motifs is 1. The molecular formula is C19H15F2N3O6. The second-order valence-corrected chi connectivity index (χ2v) is 5.82. The average molecular weight is 419 g/mol. The molecule has 2 aromatic carbocycles. The van der Waals surface area contributed by atoms with Crippen molar-refractivity contribution >= 4 is 28.3 Å². The van der Waals surface area contributed by atoms with Gasteiger partial charge in [-0.1, -0.05) is 18.2 Å². The maximum atomic E-state index is 12.8. The number of esters is 1. The van der Waals surface area contributed by atoms with Gasteiger partial charge in [-0.3, -0.25) is 9.59 Å². The number of hydrogen-bond donors (Lipinski definition) is 2. The van der Waals surface area contributed by atoms with Crippen molar-refractivity contribution in [3.8, 4) is 11.5 Å². The summed E-state index contributed by atoms with van der Waals surface area (Å²) < 4.78 is 39.5. The van der Waals surface area contributed by atoms with Gasteiger partial charge in [0.25, 0.3) is 11.5 Å². The Morgan fingerprint density at radius 2 is 1.80 bits per heavy atom. The summed E-state index contributed by atoms with van der Waals surface area (Å²) in [5, 5.41) is 8.87. The molecule has 0 saturated heterocycles. The first-order valence-corrected chi connectivity index (χ1v) is 8.39. The number of ether oxygens (including phenoxy) is 3. The molecule has 1 amide bonds. The molecule has 0 saturated carbocycles. The fraction of sp³-hybridized carbons (Fsp3) is 0.158. The molecule has 0 atom stereocenters. The van der Waals surface area contributed by atoms with E-state index in [9.17, 15) is 23.2 Å². The van der Waals surface area contributed by atoms with Crippen LogP contribution in [-0.2, 0) is 4.74 Å². The fourth-order valence-corrected chi connectivity index (χ4v) is 2.76. The van der Waals surface area contributed by atoms with Crippen LogP contribution in [0.3, 0.4) is 0 Å². The van der Waals surface area contributed by atoms with E-state index in [2.05, 4.69) is 25.0 Å². The number of nitrogens with zero attached hydrogens (tertiary/aromatic N) is 1. The van der Waals surface area contributed by atoms with Gasteiger partial charge in [-0.25, -0.2) is 9.89 Å². The number of halogens is 2. The van der Waals surface area contributed by atoms with Crippen LogP contribution in [0.1, 0.15) is 20.8 Å². The van der Waals surface area contributed by atoms with Gasteiger partial charge in [-0.2, -0.15) is 13.9 Å². The molecule has 1 aromatic heterocycles. The molecular weight excluding hydrogens is 404 g/mol. The highest BCUT2D eigenvalue weighted by Gasteiger charge is 2.23. The first kappa shape index (κ1) is 20.7. The van der Waals surface area contributed by atoms with E-state index in [0.717, 1.165) is 19.2 Å². The molecule has 0 fully saturated rings. The molecule has 0 bridgehead atoms. The van der Waals surface area contributed by atoms with Crippen molar-refractivity contribution in [2.75, 3.05) is 19.5 Å². The molecule has 156 valence electrons. The molecule has 3 rings (SSSR count). The van der Waals surface area contributed by atoms with E-state index in [0.29, 0.717) is 0 Å². The monoisotopic (exact) mass is 419 g/mol. The molecule has 0 spiro atoms. The number of aromatic amines is 1. The number of carbonyl (C=O) groups is 2. The minimum absolute atomic E-state index is 0.145. The number of H-pyrrole nitrogens is 1. The Labute approximate surface area is 167 Å². The largest absolute Gasteiger partial charge is 0.493 e. The Hall–Kier alpha value is -4.02. The van der Waals surface area contributed by atoms with Gasteiger partial charge in [0.15, 0.2) is 17.2 Å². The molecule has 9 nitrogen and oxygen atoms in total. The van der Waals surface area contributed by atoms with E-state index < -0.39 is 29.8 Å². The van der Waals surface area contributed by atoms with Gasteiger partial charge >= 0.3 is 12.6 Å². The van der Waals surface area contributed by atoms with Crippen LogP contribution < -0.4 is 20.3 Å². The Kier molecular flexibility index (Phi) is 5.90. The van der Waals surface area contributed by atoms with Gasteiger partial charge < -0.3 is 19.5 Å². The lowest BCUT2D eigenvalue weighted by Crippen LogP contribution is -2.21. The second kappa shape index (κ2) is 8.55. The molecule has 30 heavy (non-hydrogen) atoms. The van der Waals surface area contributed by atoms with Crippen molar-refractivity contribution < 1.29 is 32.6 Å². The summed E-state index contributed by atoms with van der Waals surface area (Å²) in [6.07, 6.45) is 0. The normalized spacial score (nSPS) is 10.7. The van der Waals surface area contributed by atoms with Gasteiger partial charge in [-0.15, -0.1) is 0 Å². The van der Waals surface area contributed by atoms with Crippen LogP contribution in [0.25, 0.3) is 10.8 Å². The van der Waals surface area contributed by atoms with E-state index in [1.807, 2.05) is 0 Å². The third kappa shape index (κ3) is 4.04. The molecule has 0 aliphatic carbocycles. The highest BCUT2D eigenvalue weighted by Crippen LogP contribution is 2.35. The highest BCUT2D eigenvalue weighted by molar-refractivity contribution is 6.13. The minimum Gasteiger partial charge on any atom is -0.493 e. The Morgan fingerprint density at radius 3 is 2.43 bits per heavy atom. The van der Waals surface area contributed by atoms with Gasteiger partial charge in [0.2, 0.25) is 0 Å². The Balaban J connectivity index is 2.09. The predicted octanol–water partition coefficient (Wildman–Crippen LogP) is 2.57. The predicted molar refractivity (Wildman–Crippen MR) is 101 cm³/mol. The number of rotatable bonds is 6. The van der Waals surface area contributed by atoms with Gasteiger partial charge in [0, 0.05) is 17.5 Å². The fourth-order valence-electron chi connectivity index (χ4n) is 2.76. The molecule has 0 aliphatic rings. The van der Waals surface area contributed by atoms with Crippen LogP contribution in [0.4, 0.5) is 14.5 Å². The second-order valence-electron chi connectivity index (χ2n) is 5.82. The third-order valence-electron chi connectivity index (χ3n) is 4.08. The maximum Gasteiger partial charge on any atom is 0.387 e. The van der Waals surface area contributed by atoms with Crippen molar-refractivity contribution in [3.63, 3.8) is 0 Å². The van der Waals surface area contributed by atoms with Crippen molar-refractivity contribution in [3.05, 3.63) is 58.0 Å². The quantitative estimate of drug-likeness (QED) is 0.589. The van der Waals surface area contributed by atoms with Gasteiger partial charge in [0.05, 0.1) is 30.9 Å². The molecule has 11 heteroatoms. The molecule has 0 unspecified atom stereocenters. The number of benzene rings is 2. The van der Waals surface area contributed by atoms with Crippen molar-refractivity contribution in [2.45, 2.75) is 6.61 Å². The van der Waals surface area contributed by atoms with Crippen LogP contribution in [0, 0.1) is 0 Å². The number of aromatic nitrogens is 2. The zero-order chi connectivity index (χ0) is 21.8. The lowest BCUT2D eigenvalue weighted by molar-refractivity contribution is -0.0511. The Bertz CT molecular complexity index is 1180. The van der Waals surface area contributed by atoms with E-state index in [1.165, 1.54) is 19.2 Å². The van der Waals surface area contributed by atoms with Crippen LogP contribution in [0.5, 0.6) is 11.5 Å². The summed E-state index contributed by atoms with van der Waals surface area (Å²) in [7, 11) is 2.31. The van der Waals surface area contributed by atoms with E-state index in [1.54, 1.807) is 12.1 Å². The smallest absolute Gasteiger partial charge is 0.387 e. The van der Waals surface area contributed by atoms with Crippen molar-refractivity contribution in [1.82, 2.24) is 10.2 Å². The SMILES string of the molecule is COC(=O)c1cc(OC)c(OC(F)F)cc1NC(=O)c1n[nH]c(=O)c2ccccc12. The van der Waals surface area contributed by atoms with Crippen LogP contribution in [0.15, 0.2) is 41.2 Å². The lowest BCUT2D eigenvalue weighted by Gasteiger charge is -2.15. The highest BCUT2D eigenvalue weighted by atomic mass is 19.3. The van der Waals surface area contributed by atoms with Crippen molar-refractivity contribution in [2.24, 2.45) is 0 Å². The lowest BCUT2D eigenvalue weighted by atomic mass is 10.1. The number of alkyl halides is 2. The maximum absolute atomic E-state index is 12.8. The summed E-state index contributed by atoms with van der Waals surface area (Å²) in [5.74, 6) is -2.23. The number of hydrogen-bond acceptors (Lipinski definition) is 7. The average Bonchev–Trinajstić information content (AvgIpc) is 2.73. The van der Waals surface area contributed by atoms with E-state index >= 15 is 0 Å². The summed E-state index contributed by atoms with van der Waals surface area (Å²) in [4.78, 5) is 36.9. The summed E-state index contributed by atoms with van der Waals surface area (Å²) >= 11 is 0. The number of anilines is 1. The number of methoxy groups -OCH3 is 2. The first-order chi connectivity index (χ1) is 14.3. The first-order valence-electron chi connectivity index (χ1n) is 8.39. The van der Waals surface area contributed by atoms with E-state index in [4.69, 9.17) is 4.74 Å². The zero-order valence-electron chi connectivity index (χ0n) is 15.7. The van der Waals surface area contributed by atoms with Crippen LogP contribution in [-0.4, -0.2) is 42.9 Å². The standard InChI is InChI=1S/C19H15F2N3O6/c1-28-13-7-11(18(27)29-2)12(8-14(13)30-19(20)21)22-17(26)15-9-5-3-4-6-10(9)16(25)24-23-15/h3-8,19H,1-2H3,(H,22,26)(H,24,25). The zero-order valence-corrected chi connectivity index (χ0v) is 15.7. The molecule has 0 aliphatic heterocycles. The van der Waals surface area contributed by atoms with E-state index in [-0.39, 0.29) is 33.5 Å². The van der Waals surface area contributed by atoms with Crippen molar-refractivity contribution in [1.29, 1.82) is 0 Å². The third-order valence-corrected chi connectivity index (χ3v) is 4.08. The minimum atomic E-state index is -3.17. The van der Waals surface area contributed by atoms with Gasteiger partial charge in [0.1, 0.15) is 0 Å². The number of amides is 1.